The average molecular weight is 461 g/mol. The summed E-state index contributed by atoms with van der Waals surface area (Å²) in [6, 6.07) is 0. The Kier molecular flexibility index (Phi) is 8.05. The first kappa shape index (κ1) is 24.0. The fraction of sp³-hybridized carbons (Fsp3) is 0.455. The Morgan fingerprint density at radius 2 is 2.12 bits per heavy atom. The monoisotopic (exact) mass is 460 g/mol. The number of ether oxygens (including phenoxy) is 1. The van der Waals surface area contributed by atoms with Crippen LogP contribution in [0.5, 0.6) is 0 Å². The van der Waals surface area contributed by atoms with Crippen molar-refractivity contribution in [1.29, 1.82) is 0 Å². The number of nitrogens with zero attached hydrogens (tertiary/aromatic N) is 4. The van der Waals surface area contributed by atoms with Crippen molar-refractivity contribution in [3.8, 4) is 0 Å². The van der Waals surface area contributed by atoms with Crippen LogP contribution in [0.4, 0.5) is 10.2 Å². The molecule has 0 spiro atoms. The zero-order valence-electron chi connectivity index (χ0n) is 18.6. The van der Waals surface area contributed by atoms with Gasteiger partial charge in [0.05, 0.1) is 16.0 Å². The number of fused-ring (bicyclic) bond motifs is 1. The molecule has 1 amide bonds. The summed E-state index contributed by atoms with van der Waals surface area (Å²) in [5.41, 5.74) is 12.3. The second kappa shape index (κ2) is 10.8. The molecule has 2 aromatic heterocycles. The molecule has 0 saturated carbocycles. The minimum Gasteiger partial charge on any atom is -0.488 e. The quantitative estimate of drug-likeness (QED) is 0.354. The summed E-state index contributed by atoms with van der Waals surface area (Å²) >= 11 is 1.21. The molecule has 1 saturated heterocycles. The molecule has 4 N–H and O–H groups in total. The number of primary amides is 1. The van der Waals surface area contributed by atoms with Crippen LogP contribution in [0, 0.1) is 6.92 Å². The number of amides is 1. The van der Waals surface area contributed by atoms with Gasteiger partial charge in [-0.25, -0.2) is 19.4 Å². The van der Waals surface area contributed by atoms with Crippen molar-refractivity contribution in [3.05, 3.63) is 40.5 Å². The van der Waals surface area contributed by atoms with E-state index in [0.29, 0.717) is 44.5 Å². The fourth-order valence-electron chi connectivity index (χ4n) is 3.63. The zero-order chi connectivity index (χ0) is 23.3. The molecule has 32 heavy (non-hydrogen) atoms. The number of hydrogen-bond donors (Lipinski definition) is 2. The maximum Gasteiger partial charge on any atom is 0.259 e. The van der Waals surface area contributed by atoms with E-state index < -0.39 is 11.7 Å². The first-order chi connectivity index (χ1) is 15.3. The van der Waals surface area contributed by atoms with E-state index in [4.69, 9.17) is 16.2 Å². The van der Waals surface area contributed by atoms with Gasteiger partial charge in [-0.2, -0.15) is 0 Å². The van der Waals surface area contributed by atoms with E-state index >= 15 is 0 Å². The van der Waals surface area contributed by atoms with Gasteiger partial charge < -0.3 is 21.1 Å². The number of aryl methyl sites for hydroxylation is 1. The number of carbonyl (C=O) groups is 1. The highest BCUT2D eigenvalue weighted by Crippen LogP contribution is 2.34. The van der Waals surface area contributed by atoms with E-state index in [9.17, 15) is 9.18 Å². The number of rotatable bonds is 8. The Balaban J connectivity index is 1.91. The number of aromatic nitrogens is 2. The first-order valence-electron chi connectivity index (χ1n) is 10.6. The van der Waals surface area contributed by atoms with Crippen LogP contribution >= 0.6 is 11.3 Å². The maximum absolute atomic E-state index is 14.2. The molecular formula is C22H29FN6O2S. The Morgan fingerprint density at radius 3 is 2.75 bits per heavy atom. The smallest absolute Gasteiger partial charge is 0.259 e. The summed E-state index contributed by atoms with van der Waals surface area (Å²) in [6.07, 6.45) is 5.71. The van der Waals surface area contributed by atoms with E-state index in [2.05, 4.69) is 19.9 Å². The van der Waals surface area contributed by atoms with Crippen LogP contribution in [-0.4, -0.2) is 58.8 Å². The van der Waals surface area contributed by atoms with Gasteiger partial charge in [0.1, 0.15) is 28.8 Å². The summed E-state index contributed by atoms with van der Waals surface area (Å²) in [6.45, 7) is 8.42. The van der Waals surface area contributed by atoms with Gasteiger partial charge in [0.15, 0.2) is 5.82 Å². The van der Waals surface area contributed by atoms with Crippen LogP contribution < -0.4 is 11.5 Å². The average Bonchev–Trinajstić information content (AvgIpc) is 3.12. The molecular weight excluding hydrogens is 431 g/mol. The summed E-state index contributed by atoms with van der Waals surface area (Å²) in [4.78, 5) is 28.2. The number of hydrogen-bond acceptors (Lipinski definition) is 8. The van der Waals surface area contributed by atoms with Crippen LogP contribution in [0.3, 0.4) is 0 Å². The van der Waals surface area contributed by atoms with Crippen molar-refractivity contribution in [3.63, 3.8) is 0 Å². The van der Waals surface area contributed by atoms with Crippen LogP contribution in [0.2, 0.25) is 0 Å². The van der Waals surface area contributed by atoms with E-state index in [-0.39, 0.29) is 6.10 Å². The van der Waals surface area contributed by atoms with E-state index in [1.165, 1.54) is 29.8 Å². The lowest BCUT2D eigenvalue weighted by molar-refractivity contribution is 0.0595. The predicted octanol–water partition coefficient (Wildman–Crippen LogP) is 3.39. The lowest BCUT2D eigenvalue weighted by Crippen LogP contribution is -2.39. The van der Waals surface area contributed by atoms with Crippen LogP contribution in [0.15, 0.2) is 35.1 Å². The molecule has 10 heteroatoms. The summed E-state index contributed by atoms with van der Waals surface area (Å²) in [5, 5.41) is 0.659. The third-order valence-electron chi connectivity index (χ3n) is 5.38. The van der Waals surface area contributed by atoms with E-state index in [0.717, 1.165) is 32.5 Å². The third kappa shape index (κ3) is 5.56. The van der Waals surface area contributed by atoms with E-state index in [1.807, 2.05) is 0 Å². The number of aliphatic imine (C=N–C) groups is 1. The normalized spacial score (nSPS) is 17.2. The van der Waals surface area contributed by atoms with Gasteiger partial charge >= 0.3 is 0 Å². The van der Waals surface area contributed by atoms with Gasteiger partial charge in [-0.3, -0.25) is 4.79 Å². The highest BCUT2D eigenvalue weighted by Gasteiger charge is 2.22. The summed E-state index contributed by atoms with van der Waals surface area (Å²) in [7, 11) is 0. The maximum atomic E-state index is 14.2. The van der Waals surface area contributed by atoms with Crippen LogP contribution in [-0.2, 0) is 4.74 Å². The number of halogens is 1. The molecule has 1 aliphatic rings. The molecule has 3 rings (SSSR count). The Hall–Kier alpha value is -2.69. The van der Waals surface area contributed by atoms with Gasteiger partial charge in [-0.1, -0.05) is 6.08 Å². The molecule has 0 aromatic carbocycles. The Bertz CT molecular complexity index is 1070. The lowest BCUT2D eigenvalue weighted by atomic mass is 10.1. The number of likely N-dealkylation sites (tertiary alicyclic amines) is 1. The number of carbonyl (C=O) groups excluding carboxylic acids is 1. The topological polar surface area (TPSA) is 120 Å². The number of piperidine rings is 1. The highest BCUT2D eigenvalue weighted by molar-refractivity contribution is 7.20. The molecule has 0 unspecified atom stereocenters. The standard InChI is InChI=1S/C22H29FN6O2S/c1-4-15(23)11-17(31-16-5-8-29(9-6-16)10-7-24)14(3)28-21-18-13(2)19(20(25)30)32-22(18)27-12-26-21/h4,11-12,16H,5-10,24H2,1-3H3,(H2,25,30)/b15-4?,17-11+,28-14?. The molecule has 1 fully saturated rings. The molecule has 3 heterocycles. The van der Waals surface area contributed by atoms with Crippen molar-refractivity contribution in [2.24, 2.45) is 16.5 Å². The van der Waals surface area contributed by atoms with Crippen LogP contribution in [0.25, 0.3) is 10.2 Å². The Morgan fingerprint density at radius 1 is 1.41 bits per heavy atom. The number of thiophene rings is 1. The molecule has 172 valence electrons. The van der Waals surface area contributed by atoms with Gasteiger partial charge in [0, 0.05) is 32.3 Å². The molecule has 8 nitrogen and oxygen atoms in total. The van der Waals surface area contributed by atoms with Crippen molar-refractivity contribution < 1.29 is 13.9 Å². The number of nitrogens with two attached hydrogens (primary N) is 2. The largest absolute Gasteiger partial charge is 0.488 e. The summed E-state index contributed by atoms with van der Waals surface area (Å²) in [5.74, 6) is -0.183. The second-order valence-electron chi connectivity index (χ2n) is 7.62. The minimum atomic E-state index is -0.516. The fourth-order valence-corrected chi connectivity index (χ4v) is 4.63. The predicted molar refractivity (Wildman–Crippen MR) is 126 cm³/mol. The third-order valence-corrected chi connectivity index (χ3v) is 6.59. The molecule has 0 radical (unpaired) electrons. The van der Waals surface area contributed by atoms with Gasteiger partial charge in [-0.15, -0.1) is 11.3 Å². The molecule has 1 aliphatic heterocycles. The lowest BCUT2D eigenvalue weighted by Gasteiger charge is -2.32. The highest BCUT2D eigenvalue weighted by atomic mass is 32.1. The second-order valence-corrected chi connectivity index (χ2v) is 8.62. The van der Waals surface area contributed by atoms with E-state index in [1.54, 1.807) is 20.8 Å². The summed E-state index contributed by atoms with van der Waals surface area (Å²) < 4.78 is 20.3. The minimum absolute atomic E-state index is 0.0418. The Labute approximate surface area is 190 Å². The van der Waals surface area contributed by atoms with Crippen molar-refractivity contribution in [2.75, 3.05) is 26.2 Å². The zero-order valence-corrected chi connectivity index (χ0v) is 19.4. The molecule has 2 aromatic rings. The molecule has 0 atom stereocenters. The van der Waals surface area contributed by atoms with Crippen molar-refractivity contribution in [2.45, 2.75) is 39.7 Å². The van der Waals surface area contributed by atoms with Crippen molar-refractivity contribution >= 4 is 39.0 Å². The molecule has 0 bridgehead atoms. The first-order valence-corrected chi connectivity index (χ1v) is 11.4. The van der Waals surface area contributed by atoms with Gasteiger partial charge in [-0.05, 0) is 39.2 Å². The number of allylic oxidation sites excluding steroid dienone is 4. The van der Waals surface area contributed by atoms with Crippen molar-refractivity contribution in [1.82, 2.24) is 14.9 Å². The van der Waals surface area contributed by atoms with Gasteiger partial charge in [0.2, 0.25) is 0 Å². The molecule has 0 aliphatic carbocycles. The van der Waals surface area contributed by atoms with Crippen LogP contribution in [0.1, 0.15) is 41.9 Å². The van der Waals surface area contributed by atoms with Gasteiger partial charge in [0.25, 0.3) is 5.91 Å². The SMILES string of the molecule is CC=C(F)/C=C(/OC1CCN(CCN)CC1)C(C)=Nc1ncnc2sc(C(N)=O)c(C)c12.